The van der Waals surface area contributed by atoms with Crippen LogP contribution < -0.4 is 5.73 Å². The van der Waals surface area contributed by atoms with Crippen molar-refractivity contribution in [2.75, 3.05) is 6.54 Å². The number of fused-ring (bicyclic) bond motifs is 1. The molecule has 0 aliphatic heterocycles. The number of benzene rings is 2. The van der Waals surface area contributed by atoms with Crippen LogP contribution in [0.1, 0.15) is 5.56 Å². The molecule has 0 unspecified atom stereocenters. The maximum atomic E-state index is 5.60. The Morgan fingerprint density at radius 1 is 1.10 bits per heavy atom. The molecule has 0 saturated heterocycles. The molecule has 4 heteroatoms. The van der Waals surface area contributed by atoms with E-state index in [2.05, 4.69) is 63.4 Å². The first kappa shape index (κ1) is 13.7. The van der Waals surface area contributed by atoms with Gasteiger partial charge in [0, 0.05) is 20.3 Å². The van der Waals surface area contributed by atoms with Gasteiger partial charge in [0.2, 0.25) is 0 Å². The lowest BCUT2D eigenvalue weighted by molar-refractivity contribution is 0.960. The lowest BCUT2D eigenvalue weighted by Gasteiger charge is -2.05. The summed E-state index contributed by atoms with van der Waals surface area (Å²) in [7, 11) is 0. The number of H-pyrrole nitrogens is 1. The minimum atomic E-state index is 0.674. The van der Waals surface area contributed by atoms with Crippen molar-refractivity contribution < 1.29 is 0 Å². The number of aromatic amines is 1. The third kappa shape index (κ3) is 2.92. The molecule has 102 valence electrons. The molecule has 0 saturated carbocycles. The van der Waals surface area contributed by atoms with Gasteiger partial charge in [-0.1, -0.05) is 52.0 Å². The second-order valence-electron chi connectivity index (χ2n) is 4.61. The van der Waals surface area contributed by atoms with Crippen LogP contribution in [0.3, 0.4) is 0 Å². The van der Waals surface area contributed by atoms with Crippen molar-refractivity contribution in [2.45, 2.75) is 16.3 Å². The highest BCUT2D eigenvalue weighted by Gasteiger charge is 2.05. The molecule has 3 rings (SSSR count). The summed E-state index contributed by atoms with van der Waals surface area (Å²) >= 11 is 5.35. The van der Waals surface area contributed by atoms with Crippen LogP contribution in [-0.2, 0) is 6.42 Å². The topological polar surface area (TPSA) is 41.8 Å². The maximum absolute atomic E-state index is 5.60. The minimum absolute atomic E-state index is 0.674. The largest absolute Gasteiger partial charge is 0.349 e. The number of hydrogen-bond donors (Lipinski definition) is 2. The Bertz CT molecular complexity index is 703. The van der Waals surface area contributed by atoms with Crippen molar-refractivity contribution >= 4 is 38.6 Å². The highest BCUT2D eigenvalue weighted by Crippen LogP contribution is 2.32. The van der Waals surface area contributed by atoms with Crippen LogP contribution in [0.2, 0.25) is 0 Å². The fraction of sp³-hybridized carbons (Fsp3) is 0.125. The normalized spacial score (nSPS) is 11.1. The summed E-state index contributed by atoms with van der Waals surface area (Å²) < 4.78 is 1.13. The van der Waals surface area contributed by atoms with E-state index in [1.54, 1.807) is 11.8 Å². The molecule has 2 nitrogen and oxygen atoms in total. The van der Waals surface area contributed by atoms with E-state index in [0.29, 0.717) is 6.54 Å². The molecule has 0 radical (unpaired) electrons. The lowest BCUT2D eigenvalue weighted by Crippen LogP contribution is -2.03. The third-order valence-corrected chi connectivity index (χ3v) is 4.84. The van der Waals surface area contributed by atoms with Gasteiger partial charge >= 0.3 is 0 Å². The van der Waals surface area contributed by atoms with Crippen molar-refractivity contribution in [3.8, 4) is 0 Å². The van der Waals surface area contributed by atoms with Gasteiger partial charge in [0.15, 0.2) is 0 Å². The zero-order valence-corrected chi connectivity index (χ0v) is 13.3. The van der Waals surface area contributed by atoms with Crippen LogP contribution in [0.25, 0.3) is 10.9 Å². The van der Waals surface area contributed by atoms with Crippen LogP contribution in [-0.4, -0.2) is 11.5 Å². The first-order chi connectivity index (χ1) is 9.76. The van der Waals surface area contributed by atoms with Gasteiger partial charge in [0.25, 0.3) is 0 Å². The first-order valence-electron chi connectivity index (χ1n) is 6.50. The Morgan fingerprint density at radius 3 is 2.70 bits per heavy atom. The number of aromatic nitrogens is 1. The number of hydrogen-bond acceptors (Lipinski definition) is 2. The summed E-state index contributed by atoms with van der Waals surface area (Å²) in [5.41, 5.74) is 8.04. The smallest absolute Gasteiger partial charge is 0.0780 e. The Kier molecular flexibility index (Phi) is 4.15. The van der Waals surface area contributed by atoms with Crippen molar-refractivity contribution in [3.05, 3.63) is 58.6 Å². The van der Waals surface area contributed by atoms with Crippen LogP contribution in [0, 0.1) is 0 Å². The van der Waals surface area contributed by atoms with E-state index in [0.717, 1.165) is 15.9 Å². The van der Waals surface area contributed by atoms with Gasteiger partial charge < -0.3 is 10.7 Å². The van der Waals surface area contributed by atoms with E-state index in [9.17, 15) is 0 Å². The van der Waals surface area contributed by atoms with Gasteiger partial charge in [-0.05, 0) is 42.8 Å². The van der Waals surface area contributed by atoms with E-state index in [1.807, 2.05) is 6.07 Å². The Morgan fingerprint density at radius 2 is 1.95 bits per heavy atom. The number of rotatable bonds is 4. The molecule has 3 aromatic rings. The zero-order chi connectivity index (χ0) is 13.9. The van der Waals surface area contributed by atoms with E-state index in [1.165, 1.54) is 21.4 Å². The molecule has 0 amide bonds. The minimum Gasteiger partial charge on any atom is -0.349 e. The number of nitrogens with two attached hydrogens (primary N) is 1. The number of nitrogens with one attached hydrogen (secondary N) is 1. The molecule has 0 aliphatic carbocycles. The van der Waals surface area contributed by atoms with Gasteiger partial charge in [-0.3, -0.25) is 0 Å². The molecule has 1 heterocycles. The van der Waals surface area contributed by atoms with E-state index < -0.39 is 0 Å². The first-order valence-corrected chi connectivity index (χ1v) is 8.11. The number of para-hydroxylation sites is 1. The van der Waals surface area contributed by atoms with E-state index in [4.69, 9.17) is 5.73 Å². The van der Waals surface area contributed by atoms with Crippen molar-refractivity contribution in [3.63, 3.8) is 0 Å². The summed E-state index contributed by atoms with van der Waals surface area (Å²) in [4.78, 5) is 4.64. The third-order valence-electron chi connectivity index (χ3n) is 3.17. The van der Waals surface area contributed by atoms with Crippen LogP contribution in [0.15, 0.2) is 62.9 Å². The van der Waals surface area contributed by atoms with E-state index >= 15 is 0 Å². The predicted octanol–water partition coefficient (Wildman–Crippen LogP) is 4.58. The molecule has 20 heavy (non-hydrogen) atoms. The van der Waals surface area contributed by atoms with Gasteiger partial charge in [0.1, 0.15) is 0 Å². The van der Waals surface area contributed by atoms with Crippen LogP contribution >= 0.6 is 27.7 Å². The number of halogens is 1. The fourth-order valence-electron chi connectivity index (χ4n) is 2.18. The van der Waals surface area contributed by atoms with Crippen molar-refractivity contribution in [1.29, 1.82) is 0 Å². The monoisotopic (exact) mass is 346 g/mol. The molecule has 0 aliphatic rings. The van der Waals surface area contributed by atoms with Crippen molar-refractivity contribution in [2.24, 2.45) is 5.73 Å². The molecular formula is C16H15BrN2S. The SMILES string of the molecule is NCCc1ccc(Sc2cc3ccccc3[nH]2)cc1Br. The highest BCUT2D eigenvalue weighted by atomic mass is 79.9. The van der Waals surface area contributed by atoms with Crippen molar-refractivity contribution in [1.82, 2.24) is 4.98 Å². The van der Waals surface area contributed by atoms with E-state index in [-0.39, 0.29) is 0 Å². The maximum Gasteiger partial charge on any atom is 0.0780 e. The highest BCUT2D eigenvalue weighted by molar-refractivity contribution is 9.10. The average molecular weight is 347 g/mol. The second kappa shape index (κ2) is 6.04. The predicted molar refractivity (Wildman–Crippen MR) is 89.3 cm³/mol. The molecule has 1 aromatic heterocycles. The average Bonchev–Trinajstić information content (AvgIpc) is 2.84. The Labute approximate surface area is 130 Å². The summed E-state index contributed by atoms with van der Waals surface area (Å²) in [6.45, 7) is 0.674. The Balaban J connectivity index is 1.85. The standard InChI is InChI=1S/C16H15BrN2S/c17-14-10-13(6-5-11(14)7-8-18)20-16-9-12-3-1-2-4-15(12)19-16/h1-6,9-10,19H,7-8,18H2. The molecular weight excluding hydrogens is 332 g/mol. The zero-order valence-electron chi connectivity index (χ0n) is 10.9. The molecule has 3 N–H and O–H groups in total. The quantitative estimate of drug-likeness (QED) is 0.725. The van der Waals surface area contributed by atoms with Gasteiger partial charge in [-0.25, -0.2) is 0 Å². The molecule has 0 atom stereocenters. The van der Waals surface area contributed by atoms with Gasteiger partial charge in [-0.2, -0.15) is 0 Å². The second-order valence-corrected chi connectivity index (χ2v) is 6.58. The van der Waals surface area contributed by atoms with Crippen LogP contribution in [0.4, 0.5) is 0 Å². The fourth-order valence-corrected chi connectivity index (χ4v) is 3.82. The van der Waals surface area contributed by atoms with Gasteiger partial charge in [0.05, 0.1) is 5.03 Å². The summed E-state index contributed by atoms with van der Waals surface area (Å²) in [6.07, 6.45) is 0.901. The molecule has 0 bridgehead atoms. The molecule has 2 aromatic carbocycles. The summed E-state index contributed by atoms with van der Waals surface area (Å²) in [5.74, 6) is 0. The van der Waals surface area contributed by atoms with Gasteiger partial charge in [-0.15, -0.1) is 0 Å². The van der Waals surface area contributed by atoms with Crippen LogP contribution in [0.5, 0.6) is 0 Å². The molecule has 0 spiro atoms. The summed E-state index contributed by atoms with van der Waals surface area (Å²) in [5, 5.41) is 2.40. The Hall–Kier alpha value is -1.23. The lowest BCUT2D eigenvalue weighted by atomic mass is 10.1. The molecule has 0 fully saturated rings. The summed E-state index contributed by atoms with van der Waals surface area (Å²) in [6, 6.07) is 16.9.